The summed E-state index contributed by atoms with van der Waals surface area (Å²) in [6, 6.07) is 1.37. The highest BCUT2D eigenvalue weighted by Gasteiger charge is 2.35. The van der Waals surface area contributed by atoms with E-state index in [4.69, 9.17) is 0 Å². The molecule has 0 aromatic carbocycles. The van der Waals surface area contributed by atoms with Gasteiger partial charge in [-0.2, -0.15) is 0 Å². The second kappa shape index (κ2) is 6.19. The highest BCUT2D eigenvalue weighted by Crippen LogP contribution is 2.26. The summed E-state index contributed by atoms with van der Waals surface area (Å²) in [5.74, 6) is 0.801. The molecule has 1 aliphatic heterocycles. The highest BCUT2D eigenvalue weighted by molar-refractivity contribution is 4.93. The zero-order valence-corrected chi connectivity index (χ0v) is 12.7. The summed E-state index contributed by atoms with van der Waals surface area (Å²) in [6.07, 6.45) is 2.55. The summed E-state index contributed by atoms with van der Waals surface area (Å²) in [5, 5.41) is 3.77. The molecular weight excluding hydrogens is 208 g/mol. The first-order valence-corrected chi connectivity index (χ1v) is 7.37. The van der Waals surface area contributed by atoms with Gasteiger partial charge in [-0.3, -0.25) is 4.90 Å². The Kier molecular flexibility index (Phi) is 5.46. The second-order valence-electron chi connectivity index (χ2n) is 6.77. The minimum absolute atomic E-state index is 0.367. The van der Waals surface area contributed by atoms with Crippen LogP contribution in [0.1, 0.15) is 54.4 Å². The highest BCUT2D eigenvalue weighted by atomic mass is 15.2. The Labute approximate surface area is 108 Å². The van der Waals surface area contributed by atoms with Crippen molar-refractivity contribution in [3.05, 3.63) is 0 Å². The van der Waals surface area contributed by atoms with Gasteiger partial charge in [0.15, 0.2) is 0 Å². The molecule has 1 saturated heterocycles. The van der Waals surface area contributed by atoms with Crippen LogP contribution in [0.2, 0.25) is 0 Å². The van der Waals surface area contributed by atoms with Crippen LogP contribution in [0.15, 0.2) is 0 Å². The van der Waals surface area contributed by atoms with Gasteiger partial charge in [0.05, 0.1) is 0 Å². The first kappa shape index (κ1) is 15.0. The summed E-state index contributed by atoms with van der Waals surface area (Å²) in [6.45, 7) is 17.7. The third kappa shape index (κ3) is 3.96. The summed E-state index contributed by atoms with van der Waals surface area (Å²) >= 11 is 0. The molecule has 2 nitrogen and oxygen atoms in total. The van der Waals surface area contributed by atoms with Gasteiger partial charge in [-0.15, -0.1) is 0 Å². The van der Waals surface area contributed by atoms with Gasteiger partial charge < -0.3 is 5.32 Å². The molecule has 1 N–H and O–H groups in total. The number of hydrogen-bond donors (Lipinski definition) is 1. The standard InChI is InChI=1S/C15H32N2/c1-7-9-17-11-14(15(4,5)6)16-10-13(17)12(3)8-2/h12-14,16H,7-11H2,1-6H3. The molecule has 17 heavy (non-hydrogen) atoms. The van der Waals surface area contributed by atoms with Gasteiger partial charge >= 0.3 is 0 Å². The molecule has 2 heteroatoms. The van der Waals surface area contributed by atoms with Crippen molar-refractivity contribution in [3.8, 4) is 0 Å². The quantitative estimate of drug-likeness (QED) is 0.812. The molecule has 1 heterocycles. The zero-order valence-electron chi connectivity index (χ0n) is 12.7. The van der Waals surface area contributed by atoms with Crippen molar-refractivity contribution in [2.45, 2.75) is 66.5 Å². The first-order chi connectivity index (χ1) is 7.90. The lowest BCUT2D eigenvalue weighted by Crippen LogP contribution is -2.61. The molecule has 0 saturated carbocycles. The number of piperazine rings is 1. The van der Waals surface area contributed by atoms with Crippen LogP contribution < -0.4 is 5.32 Å². The fourth-order valence-corrected chi connectivity index (χ4v) is 2.78. The molecule has 0 spiro atoms. The van der Waals surface area contributed by atoms with E-state index in [1.54, 1.807) is 0 Å². The third-order valence-corrected chi connectivity index (χ3v) is 4.32. The molecule has 1 fully saturated rings. The predicted molar refractivity (Wildman–Crippen MR) is 76.4 cm³/mol. The van der Waals surface area contributed by atoms with Crippen LogP contribution in [0.4, 0.5) is 0 Å². The van der Waals surface area contributed by atoms with Crippen molar-refractivity contribution in [1.29, 1.82) is 0 Å². The minimum atomic E-state index is 0.367. The van der Waals surface area contributed by atoms with Crippen LogP contribution in [-0.2, 0) is 0 Å². The fraction of sp³-hybridized carbons (Fsp3) is 1.00. The Morgan fingerprint density at radius 2 is 1.94 bits per heavy atom. The third-order valence-electron chi connectivity index (χ3n) is 4.32. The maximum atomic E-state index is 3.77. The summed E-state index contributed by atoms with van der Waals surface area (Å²) in [5.41, 5.74) is 0.367. The Morgan fingerprint density at radius 1 is 1.29 bits per heavy atom. The average molecular weight is 240 g/mol. The molecule has 102 valence electrons. The monoisotopic (exact) mass is 240 g/mol. The molecule has 3 atom stereocenters. The van der Waals surface area contributed by atoms with E-state index in [9.17, 15) is 0 Å². The van der Waals surface area contributed by atoms with Crippen LogP contribution in [0.25, 0.3) is 0 Å². The van der Waals surface area contributed by atoms with Crippen molar-refractivity contribution in [2.24, 2.45) is 11.3 Å². The van der Waals surface area contributed by atoms with E-state index in [1.165, 1.54) is 25.9 Å². The lowest BCUT2D eigenvalue weighted by atomic mass is 9.83. The van der Waals surface area contributed by atoms with Gasteiger partial charge in [0.1, 0.15) is 0 Å². The van der Waals surface area contributed by atoms with E-state index in [2.05, 4.69) is 51.8 Å². The summed E-state index contributed by atoms with van der Waals surface area (Å²) < 4.78 is 0. The van der Waals surface area contributed by atoms with Gasteiger partial charge in [0, 0.05) is 25.2 Å². The molecule has 0 aromatic rings. The second-order valence-corrected chi connectivity index (χ2v) is 6.77. The van der Waals surface area contributed by atoms with Crippen LogP contribution in [0, 0.1) is 11.3 Å². The number of nitrogens with one attached hydrogen (secondary N) is 1. The maximum absolute atomic E-state index is 3.77. The van der Waals surface area contributed by atoms with Crippen LogP contribution >= 0.6 is 0 Å². The van der Waals surface area contributed by atoms with Crippen molar-refractivity contribution < 1.29 is 0 Å². The van der Waals surface area contributed by atoms with Crippen molar-refractivity contribution in [3.63, 3.8) is 0 Å². The molecule has 0 aliphatic carbocycles. The van der Waals surface area contributed by atoms with E-state index in [-0.39, 0.29) is 0 Å². The number of nitrogens with zero attached hydrogens (tertiary/aromatic N) is 1. The Hall–Kier alpha value is -0.0800. The lowest BCUT2D eigenvalue weighted by Gasteiger charge is -2.47. The molecule has 0 radical (unpaired) electrons. The van der Waals surface area contributed by atoms with Crippen molar-refractivity contribution in [2.75, 3.05) is 19.6 Å². The zero-order chi connectivity index (χ0) is 13.1. The Bertz CT molecular complexity index is 219. The molecule has 0 amide bonds. The number of hydrogen-bond acceptors (Lipinski definition) is 2. The van der Waals surface area contributed by atoms with Crippen LogP contribution in [0.3, 0.4) is 0 Å². The van der Waals surface area contributed by atoms with E-state index in [0.717, 1.165) is 18.5 Å². The average Bonchev–Trinajstić information content (AvgIpc) is 2.27. The minimum Gasteiger partial charge on any atom is -0.311 e. The molecule has 0 bridgehead atoms. The largest absolute Gasteiger partial charge is 0.311 e. The molecule has 1 rings (SSSR count). The molecular formula is C15H32N2. The maximum Gasteiger partial charge on any atom is 0.0246 e. The van der Waals surface area contributed by atoms with Gasteiger partial charge in [0.2, 0.25) is 0 Å². The van der Waals surface area contributed by atoms with Gasteiger partial charge in [0.25, 0.3) is 0 Å². The van der Waals surface area contributed by atoms with E-state index in [1.807, 2.05) is 0 Å². The van der Waals surface area contributed by atoms with Crippen molar-refractivity contribution in [1.82, 2.24) is 10.2 Å². The Balaban J connectivity index is 2.67. The molecule has 1 aliphatic rings. The number of rotatable bonds is 4. The first-order valence-electron chi connectivity index (χ1n) is 7.37. The van der Waals surface area contributed by atoms with E-state index in [0.29, 0.717) is 11.5 Å². The topological polar surface area (TPSA) is 15.3 Å². The van der Waals surface area contributed by atoms with E-state index >= 15 is 0 Å². The molecule has 3 unspecified atom stereocenters. The van der Waals surface area contributed by atoms with Gasteiger partial charge in [-0.25, -0.2) is 0 Å². The summed E-state index contributed by atoms with van der Waals surface area (Å²) in [4.78, 5) is 2.72. The smallest absolute Gasteiger partial charge is 0.0246 e. The summed E-state index contributed by atoms with van der Waals surface area (Å²) in [7, 11) is 0. The van der Waals surface area contributed by atoms with Gasteiger partial charge in [-0.1, -0.05) is 48.0 Å². The predicted octanol–water partition coefficient (Wildman–Crippen LogP) is 3.13. The lowest BCUT2D eigenvalue weighted by molar-refractivity contribution is 0.0584. The van der Waals surface area contributed by atoms with Crippen molar-refractivity contribution >= 4 is 0 Å². The van der Waals surface area contributed by atoms with Gasteiger partial charge in [-0.05, 0) is 24.3 Å². The Morgan fingerprint density at radius 3 is 2.41 bits per heavy atom. The van der Waals surface area contributed by atoms with E-state index < -0.39 is 0 Å². The SMILES string of the molecule is CCCN1CC(C(C)(C)C)NCC1C(C)CC. The van der Waals surface area contributed by atoms with Crippen LogP contribution in [0.5, 0.6) is 0 Å². The van der Waals surface area contributed by atoms with Crippen LogP contribution in [-0.4, -0.2) is 36.6 Å². The molecule has 0 aromatic heterocycles. The normalized spacial score (nSPS) is 29.3. The fourth-order valence-electron chi connectivity index (χ4n) is 2.78.